The molecule has 2 N–H and O–H groups in total. The van der Waals surface area contributed by atoms with Crippen molar-refractivity contribution in [2.45, 2.75) is 68.9 Å². The van der Waals surface area contributed by atoms with Crippen molar-refractivity contribution in [1.82, 2.24) is 9.80 Å². The van der Waals surface area contributed by atoms with Crippen LogP contribution in [0.25, 0.3) is 11.0 Å². The summed E-state index contributed by atoms with van der Waals surface area (Å²) in [4.78, 5) is 42.3. The molecule has 1 saturated carbocycles. The molecule has 2 saturated heterocycles. The topological polar surface area (TPSA) is 131 Å². The number of anilines is 1. The van der Waals surface area contributed by atoms with Crippen LogP contribution in [0.4, 0.5) is 10.1 Å². The van der Waals surface area contributed by atoms with Crippen LogP contribution in [-0.2, 0) is 30.2 Å². The van der Waals surface area contributed by atoms with E-state index in [0.717, 1.165) is 6.07 Å². The fraction of sp³-hybridized carbons (Fsp3) is 0.514. The number of benzene rings is 2. The van der Waals surface area contributed by atoms with Crippen molar-refractivity contribution in [1.29, 1.82) is 0 Å². The van der Waals surface area contributed by atoms with Crippen LogP contribution in [0.3, 0.4) is 0 Å². The molecule has 2 aliphatic heterocycles. The number of methoxy groups -OCH3 is 2. The predicted molar refractivity (Wildman–Crippen MR) is 176 cm³/mol. The molecule has 0 spiro atoms. The van der Waals surface area contributed by atoms with E-state index < -0.39 is 17.7 Å². The van der Waals surface area contributed by atoms with Gasteiger partial charge in [0, 0.05) is 45.3 Å². The normalized spacial score (nSPS) is 26.3. The number of amides is 2. The Morgan fingerprint density at radius 3 is 2.44 bits per heavy atom. The van der Waals surface area contributed by atoms with Crippen LogP contribution in [-0.4, -0.2) is 104 Å². The van der Waals surface area contributed by atoms with E-state index >= 15 is 4.39 Å². The number of carboxylic acid groups (broad SMARTS) is 1. The van der Waals surface area contributed by atoms with Crippen molar-refractivity contribution >= 4 is 46.0 Å². The Morgan fingerprint density at radius 1 is 1.04 bits per heavy atom. The third-order valence-electron chi connectivity index (χ3n) is 10.1. The Kier molecular flexibility index (Phi) is 10.7. The van der Waals surface area contributed by atoms with E-state index in [9.17, 15) is 19.5 Å². The van der Waals surface area contributed by atoms with Gasteiger partial charge in [-0.2, -0.15) is 0 Å². The maximum atomic E-state index is 15.5. The number of nitrogens with one attached hydrogen (secondary N) is 1. The molecular formula is C35H41ClFN3O8. The molecular weight excluding hydrogens is 645 g/mol. The molecule has 6 rings (SSSR count). The highest BCUT2D eigenvalue weighted by Crippen LogP contribution is 2.32. The molecule has 48 heavy (non-hydrogen) atoms. The molecule has 3 heterocycles. The lowest BCUT2D eigenvalue weighted by molar-refractivity contribution is -0.144. The van der Waals surface area contributed by atoms with E-state index in [2.05, 4.69) is 10.2 Å². The number of para-hydroxylation sites is 1. The van der Waals surface area contributed by atoms with Gasteiger partial charge in [-0.05, 0) is 55.9 Å². The number of ether oxygens (including phenoxy) is 3. The van der Waals surface area contributed by atoms with Crippen molar-refractivity contribution < 1.29 is 42.5 Å². The van der Waals surface area contributed by atoms with Gasteiger partial charge < -0.3 is 34.0 Å². The maximum Gasteiger partial charge on any atom is 0.306 e. The molecule has 0 radical (unpaired) electrons. The van der Waals surface area contributed by atoms with Crippen molar-refractivity contribution in [3.63, 3.8) is 0 Å². The van der Waals surface area contributed by atoms with Crippen LogP contribution in [0.2, 0.25) is 5.02 Å². The van der Waals surface area contributed by atoms with Crippen molar-refractivity contribution in [3.05, 3.63) is 64.6 Å². The van der Waals surface area contributed by atoms with Crippen molar-refractivity contribution in [2.24, 2.45) is 5.92 Å². The largest absolute Gasteiger partial charge is 0.481 e. The third kappa shape index (κ3) is 7.37. The monoisotopic (exact) mass is 685 g/mol. The molecule has 3 aliphatic rings. The number of likely N-dealkylation sites (tertiary alicyclic amines) is 2. The second kappa shape index (κ2) is 14.9. The van der Waals surface area contributed by atoms with Gasteiger partial charge in [0.2, 0.25) is 5.91 Å². The van der Waals surface area contributed by atoms with Gasteiger partial charge in [-0.25, -0.2) is 4.39 Å². The molecule has 3 aromatic rings. The SMILES string of the molecule is CO[C@H]1CN([C@H]2C[C@@H](COC3CCC(C(=O)O)CC3)N(C(=O)Cc3cc(Cl)c(NC(=O)c4coc5ccccc45)cc3F)C2)C[C@H]1OC. The van der Waals surface area contributed by atoms with Gasteiger partial charge in [-0.3, -0.25) is 19.3 Å². The van der Waals surface area contributed by atoms with Gasteiger partial charge in [0.1, 0.15) is 17.7 Å². The van der Waals surface area contributed by atoms with Gasteiger partial charge in [0.15, 0.2) is 0 Å². The molecule has 13 heteroatoms. The second-order valence-corrected chi connectivity index (χ2v) is 13.3. The molecule has 258 valence electrons. The molecule has 1 aromatic heterocycles. The van der Waals surface area contributed by atoms with E-state index in [-0.39, 0.29) is 64.9 Å². The molecule has 0 bridgehead atoms. The van der Waals surface area contributed by atoms with Crippen molar-refractivity contribution in [2.75, 3.05) is 45.8 Å². The van der Waals surface area contributed by atoms with E-state index in [1.165, 1.54) is 12.3 Å². The zero-order valence-electron chi connectivity index (χ0n) is 27.0. The number of carbonyl (C=O) groups excluding carboxylic acids is 2. The minimum absolute atomic E-state index is 0.0353. The quantitative estimate of drug-likeness (QED) is 0.287. The number of hydrogen-bond acceptors (Lipinski definition) is 8. The number of carbonyl (C=O) groups is 3. The number of rotatable bonds is 11. The summed E-state index contributed by atoms with van der Waals surface area (Å²) in [5.74, 6) is -2.54. The molecule has 1 aliphatic carbocycles. The van der Waals surface area contributed by atoms with Crippen LogP contribution in [0.5, 0.6) is 0 Å². The summed E-state index contributed by atoms with van der Waals surface area (Å²) in [6, 6.07) is 9.38. The molecule has 2 aromatic carbocycles. The lowest BCUT2D eigenvalue weighted by Gasteiger charge is -2.30. The first-order valence-corrected chi connectivity index (χ1v) is 16.7. The maximum absolute atomic E-state index is 15.5. The summed E-state index contributed by atoms with van der Waals surface area (Å²) in [7, 11) is 3.33. The van der Waals surface area contributed by atoms with E-state index in [1.807, 2.05) is 0 Å². The highest BCUT2D eigenvalue weighted by molar-refractivity contribution is 6.34. The molecule has 4 atom stereocenters. The van der Waals surface area contributed by atoms with Gasteiger partial charge in [0.05, 0.1) is 59.6 Å². The number of carboxylic acids is 1. The predicted octanol–water partition coefficient (Wildman–Crippen LogP) is 5.00. The Hall–Kier alpha value is -3.55. The van der Waals surface area contributed by atoms with Gasteiger partial charge >= 0.3 is 5.97 Å². The van der Waals surface area contributed by atoms with Gasteiger partial charge in [-0.1, -0.05) is 29.8 Å². The fourth-order valence-corrected chi connectivity index (χ4v) is 7.53. The smallest absolute Gasteiger partial charge is 0.306 e. The number of furan rings is 1. The number of aliphatic carboxylic acids is 1. The Bertz CT molecular complexity index is 1630. The lowest BCUT2D eigenvalue weighted by atomic mass is 9.87. The molecule has 0 unspecified atom stereocenters. The summed E-state index contributed by atoms with van der Waals surface area (Å²) in [5, 5.41) is 12.7. The first-order chi connectivity index (χ1) is 23.1. The lowest BCUT2D eigenvalue weighted by Crippen LogP contribution is -2.41. The molecule has 3 fully saturated rings. The number of hydrogen-bond donors (Lipinski definition) is 2. The standard InChI is InChI=1S/C35H41ClFN3O8/c1-45-31-16-39(17-32(31)46-2)22-13-23(18-47-24-9-7-20(8-10-24)35(43)44)40(15-22)33(41)12-21-11-27(36)29(14-28(21)37)38-34(42)26-19-48-30-6-4-3-5-25(26)30/h3-6,11,14,19-20,22-24,31-32H,7-10,12-13,15-18H2,1-2H3,(H,38,42)(H,43,44)/t20?,22-,23-,24?,31-,32+/m0/s1. The molecule has 11 nitrogen and oxygen atoms in total. The highest BCUT2D eigenvalue weighted by Gasteiger charge is 2.43. The minimum atomic E-state index is -0.771. The van der Waals surface area contributed by atoms with E-state index in [4.69, 9.17) is 30.2 Å². The van der Waals surface area contributed by atoms with Crippen LogP contribution >= 0.6 is 11.6 Å². The summed E-state index contributed by atoms with van der Waals surface area (Å²) < 4.78 is 38.5. The number of fused-ring (bicyclic) bond motifs is 1. The average Bonchev–Trinajstić information content (AvgIpc) is 3.83. The zero-order chi connectivity index (χ0) is 33.9. The number of nitrogens with zero attached hydrogens (tertiary/aromatic N) is 2. The second-order valence-electron chi connectivity index (χ2n) is 12.9. The molecule has 2 amide bonds. The Balaban J connectivity index is 1.14. The first-order valence-electron chi connectivity index (χ1n) is 16.3. The fourth-order valence-electron chi connectivity index (χ4n) is 7.29. The third-order valence-corrected chi connectivity index (χ3v) is 10.4. The van der Waals surface area contributed by atoms with Gasteiger partial charge in [0.25, 0.3) is 5.91 Å². The van der Waals surface area contributed by atoms with E-state index in [1.54, 1.807) is 43.4 Å². The highest BCUT2D eigenvalue weighted by atomic mass is 35.5. The Labute approximate surface area is 283 Å². The average molecular weight is 686 g/mol. The summed E-state index contributed by atoms with van der Waals surface area (Å²) in [6.07, 6.45) is 3.99. The van der Waals surface area contributed by atoms with Gasteiger partial charge in [-0.15, -0.1) is 0 Å². The Morgan fingerprint density at radius 2 is 1.75 bits per heavy atom. The first kappa shape index (κ1) is 34.3. The summed E-state index contributed by atoms with van der Waals surface area (Å²) >= 11 is 6.51. The van der Waals surface area contributed by atoms with Crippen molar-refractivity contribution in [3.8, 4) is 0 Å². The van der Waals surface area contributed by atoms with Crippen LogP contribution in [0, 0.1) is 11.7 Å². The van der Waals surface area contributed by atoms with E-state index in [0.29, 0.717) is 74.9 Å². The minimum Gasteiger partial charge on any atom is -0.481 e. The van der Waals surface area contributed by atoms with Crippen LogP contribution in [0.1, 0.15) is 48.0 Å². The van der Waals surface area contributed by atoms with Crippen LogP contribution < -0.4 is 5.32 Å². The van der Waals surface area contributed by atoms with Crippen LogP contribution in [0.15, 0.2) is 47.1 Å². The summed E-state index contributed by atoms with van der Waals surface area (Å²) in [6.45, 7) is 2.07. The summed E-state index contributed by atoms with van der Waals surface area (Å²) in [5.41, 5.74) is 1.04. The zero-order valence-corrected chi connectivity index (χ0v) is 27.8. The number of halogens is 2.